The third-order valence-electron chi connectivity index (χ3n) is 3.21. The summed E-state index contributed by atoms with van der Waals surface area (Å²) in [7, 11) is 0. The second kappa shape index (κ2) is 4.65. The lowest BCUT2D eigenvalue weighted by Crippen LogP contribution is -2.32. The summed E-state index contributed by atoms with van der Waals surface area (Å²) in [5.41, 5.74) is 6.25. The highest BCUT2D eigenvalue weighted by Gasteiger charge is 2.33. The van der Waals surface area contributed by atoms with Gasteiger partial charge in [0.15, 0.2) is 0 Å². The lowest BCUT2D eigenvalue weighted by atomic mass is 9.69. The fourth-order valence-electron chi connectivity index (χ4n) is 2.22. The topological polar surface area (TPSA) is 43.1 Å². The SMILES string of the molecule is CCCCC1C(C(N)=O)=CC=CC1(C)C. The molecular weight excluding hydrogens is 186 g/mol. The summed E-state index contributed by atoms with van der Waals surface area (Å²) < 4.78 is 0. The standard InChI is InChI=1S/C13H21NO/c1-4-5-8-11-10(12(14)15)7-6-9-13(11,2)3/h6-7,9,11H,4-5,8H2,1-3H3,(H2,14,15). The van der Waals surface area contributed by atoms with Crippen LogP contribution in [0.2, 0.25) is 0 Å². The van der Waals surface area contributed by atoms with Crippen molar-refractivity contribution >= 4 is 5.91 Å². The van der Waals surface area contributed by atoms with Crippen LogP contribution in [-0.4, -0.2) is 5.91 Å². The summed E-state index contributed by atoms with van der Waals surface area (Å²) in [5.74, 6) is 0.00785. The highest BCUT2D eigenvalue weighted by molar-refractivity contribution is 5.93. The van der Waals surface area contributed by atoms with Crippen LogP contribution in [-0.2, 0) is 4.79 Å². The predicted octanol–water partition coefficient (Wildman–Crippen LogP) is 2.80. The van der Waals surface area contributed by atoms with E-state index in [1.165, 1.54) is 0 Å². The molecule has 0 aromatic rings. The highest BCUT2D eigenvalue weighted by atomic mass is 16.1. The van der Waals surface area contributed by atoms with E-state index in [0.29, 0.717) is 0 Å². The largest absolute Gasteiger partial charge is 0.366 e. The Kier molecular flexibility index (Phi) is 3.72. The van der Waals surface area contributed by atoms with E-state index in [2.05, 4.69) is 26.8 Å². The fourth-order valence-corrected chi connectivity index (χ4v) is 2.22. The molecule has 84 valence electrons. The van der Waals surface area contributed by atoms with Crippen molar-refractivity contribution in [2.45, 2.75) is 40.0 Å². The Morgan fingerprint density at radius 2 is 2.20 bits per heavy atom. The first-order valence-corrected chi connectivity index (χ1v) is 5.68. The third-order valence-corrected chi connectivity index (χ3v) is 3.21. The Morgan fingerprint density at radius 3 is 2.73 bits per heavy atom. The van der Waals surface area contributed by atoms with Gasteiger partial charge in [-0.25, -0.2) is 0 Å². The van der Waals surface area contributed by atoms with Crippen molar-refractivity contribution in [1.82, 2.24) is 0 Å². The van der Waals surface area contributed by atoms with E-state index in [-0.39, 0.29) is 17.2 Å². The maximum atomic E-state index is 11.3. The molecule has 1 atom stereocenters. The van der Waals surface area contributed by atoms with Crippen molar-refractivity contribution in [1.29, 1.82) is 0 Å². The van der Waals surface area contributed by atoms with Gasteiger partial charge < -0.3 is 5.73 Å². The summed E-state index contributed by atoms with van der Waals surface area (Å²) in [6, 6.07) is 0. The number of rotatable bonds is 4. The smallest absolute Gasteiger partial charge is 0.244 e. The Morgan fingerprint density at radius 1 is 1.53 bits per heavy atom. The first kappa shape index (κ1) is 12.0. The minimum absolute atomic E-state index is 0.0499. The molecule has 0 bridgehead atoms. The van der Waals surface area contributed by atoms with Crippen LogP contribution in [0.1, 0.15) is 40.0 Å². The molecular formula is C13H21NO. The number of unbranched alkanes of at least 4 members (excludes halogenated alkanes) is 1. The average Bonchev–Trinajstić information content (AvgIpc) is 2.14. The second-order valence-corrected chi connectivity index (χ2v) is 4.86. The molecule has 0 saturated heterocycles. The van der Waals surface area contributed by atoms with E-state index in [9.17, 15) is 4.79 Å². The maximum absolute atomic E-state index is 11.3. The zero-order valence-corrected chi connectivity index (χ0v) is 9.92. The molecule has 1 unspecified atom stereocenters. The first-order valence-electron chi connectivity index (χ1n) is 5.68. The number of allylic oxidation sites excluding steroid dienone is 3. The number of hydrogen-bond donors (Lipinski definition) is 1. The van der Waals surface area contributed by atoms with Crippen LogP contribution >= 0.6 is 0 Å². The van der Waals surface area contributed by atoms with Gasteiger partial charge >= 0.3 is 0 Å². The second-order valence-electron chi connectivity index (χ2n) is 4.86. The Bertz CT molecular complexity index is 300. The van der Waals surface area contributed by atoms with Gasteiger partial charge in [0, 0.05) is 5.57 Å². The van der Waals surface area contributed by atoms with Gasteiger partial charge in [0.25, 0.3) is 0 Å². The average molecular weight is 207 g/mol. The molecule has 0 aromatic carbocycles. The van der Waals surface area contributed by atoms with Crippen LogP contribution in [0.3, 0.4) is 0 Å². The molecule has 1 rings (SSSR count). The van der Waals surface area contributed by atoms with Crippen LogP contribution in [0.15, 0.2) is 23.8 Å². The van der Waals surface area contributed by atoms with Gasteiger partial charge in [-0.1, -0.05) is 51.8 Å². The minimum atomic E-state index is -0.270. The van der Waals surface area contributed by atoms with Crippen LogP contribution < -0.4 is 5.73 Å². The van der Waals surface area contributed by atoms with Crippen molar-refractivity contribution in [3.8, 4) is 0 Å². The quantitative estimate of drug-likeness (QED) is 0.756. The zero-order chi connectivity index (χ0) is 11.5. The lowest BCUT2D eigenvalue weighted by Gasteiger charge is -2.35. The Hall–Kier alpha value is -1.05. The van der Waals surface area contributed by atoms with Gasteiger partial charge in [-0.2, -0.15) is 0 Å². The number of amides is 1. The highest BCUT2D eigenvalue weighted by Crippen LogP contribution is 2.40. The fraction of sp³-hybridized carbons (Fsp3) is 0.615. The van der Waals surface area contributed by atoms with Gasteiger partial charge in [-0.05, 0) is 17.8 Å². The molecule has 0 fully saturated rings. The molecule has 2 nitrogen and oxygen atoms in total. The Balaban J connectivity index is 2.88. The molecule has 15 heavy (non-hydrogen) atoms. The number of nitrogens with two attached hydrogens (primary N) is 1. The molecule has 2 N–H and O–H groups in total. The van der Waals surface area contributed by atoms with Crippen molar-refractivity contribution in [3.05, 3.63) is 23.8 Å². The van der Waals surface area contributed by atoms with Gasteiger partial charge in [-0.3, -0.25) is 4.79 Å². The van der Waals surface area contributed by atoms with Gasteiger partial charge in [0.1, 0.15) is 0 Å². The molecule has 0 radical (unpaired) electrons. The molecule has 0 aromatic heterocycles. The molecule has 0 spiro atoms. The van der Waals surface area contributed by atoms with Gasteiger partial charge in [-0.15, -0.1) is 0 Å². The van der Waals surface area contributed by atoms with Crippen LogP contribution in [0.25, 0.3) is 0 Å². The number of carbonyl (C=O) groups is 1. The summed E-state index contributed by atoms with van der Waals surface area (Å²) in [5, 5.41) is 0. The molecule has 0 heterocycles. The van der Waals surface area contributed by atoms with E-state index in [0.717, 1.165) is 24.8 Å². The van der Waals surface area contributed by atoms with Gasteiger partial charge in [0.2, 0.25) is 5.91 Å². The lowest BCUT2D eigenvalue weighted by molar-refractivity contribution is -0.115. The summed E-state index contributed by atoms with van der Waals surface area (Å²) >= 11 is 0. The van der Waals surface area contributed by atoms with Crippen molar-refractivity contribution in [2.24, 2.45) is 17.1 Å². The monoisotopic (exact) mass is 207 g/mol. The Labute approximate surface area is 92.2 Å². The maximum Gasteiger partial charge on any atom is 0.244 e. The summed E-state index contributed by atoms with van der Waals surface area (Å²) in [4.78, 5) is 11.3. The molecule has 0 aliphatic heterocycles. The zero-order valence-electron chi connectivity index (χ0n) is 9.92. The van der Waals surface area contributed by atoms with Crippen LogP contribution in [0.5, 0.6) is 0 Å². The summed E-state index contributed by atoms with van der Waals surface area (Å²) in [6.07, 6.45) is 9.33. The van der Waals surface area contributed by atoms with E-state index in [1.807, 2.05) is 12.2 Å². The molecule has 2 heteroatoms. The first-order chi connectivity index (χ1) is 6.99. The van der Waals surface area contributed by atoms with Crippen LogP contribution in [0, 0.1) is 11.3 Å². The minimum Gasteiger partial charge on any atom is -0.366 e. The van der Waals surface area contributed by atoms with Crippen molar-refractivity contribution < 1.29 is 4.79 Å². The number of primary amides is 1. The predicted molar refractivity (Wildman–Crippen MR) is 63.2 cm³/mol. The molecule has 1 amide bonds. The van der Waals surface area contributed by atoms with E-state index in [4.69, 9.17) is 5.73 Å². The number of carbonyl (C=O) groups excluding carboxylic acids is 1. The van der Waals surface area contributed by atoms with E-state index < -0.39 is 0 Å². The van der Waals surface area contributed by atoms with Crippen molar-refractivity contribution in [2.75, 3.05) is 0 Å². The number of hydrogen-bond acceptors (Lipinski definition) is 1. The summed E-state index contributed by atoms with van der Waals surface area (Å²) in [6.45, 7) is 6.50. The molecule has 1 aliphatic rings. The normalized spacial score (nSPS) is 23.7. The van der Waals surface area contributed by atoms with Crippen molar-refractivity contribution in [3.63, 3.8) is 0 Å². The van der Waals surface area contributed by atoms with E-state index >= 15 is 0 Å². The molecule has 1 aliphatic carbocycles. The molecule has 0 saturated carbocycles. The van der Waals surface area contributed by atoms with Crippen LogP contribution in [0.4, 0.5) is 0 Å². The van der Waals surface area contributed by atoms with E-state index in [1.54, 1.807) is 0 Å². The van der Waals surface area contributed by atoms with Gasteiger partial charge in [0.05, 0.1) is 0 Å². The third kappa shape index (κ3) is 2.71.